The number of nitrogens with zero attached hydrogens (tertiary/aromatic N) is 2. The molecular weight excluding hydrogens is 877 g/mol. The van der Waals surface area contributed by atoms with Gasteiger partial charge < -0.3 is 18.9 Å². The second kappa shape index (κ2) is 27.9. The van der Waals surface area contributed by atoms with E-state index in [2.05, 4.69) is 145 Å². The first-order valence-electron chi connectivity index (χ1n) is 26.3. The molecule has 0 spiro atoms. The van der Waals surface area contributed by atoms with Gasteiger partial charge in [-0.3, -0.25) is 9.97 Å². The summed E-state index contributed by atoms with van der Waals surface area (Å²) in [5.74, 6) is 13.3. The highest BCUT2D eigenvalue weighted by molar-refractivity contribution is 6.90. The van der Waals surface area contributed by atoms with Crippen molar-refractivity contribution < 1.29 is 18.9 Å². The highest BCUT2D eigenvalue weighted by Crippen LogP contribution is 2.41. The van der Waals surface area contributed by atoms with Gasteiger partial charge in [0, 0.05) is 65.6 Å². The minimum atomic E-state index is -1.92. The molecule has 3 aromatic carbocycles. The van der Waals surface area contributed by atoms with Gasteiger partial charge in [0.2, 0.25) is 0 Å². The van der Waals surface area contributed by atoms with Gasteiger partial charge in [-0.05, 0) is 143 Å². The summed E-state index contributed by atoms with van der Waals surface area (Å²) in [6.45, 7) is 22.4. The molecule has 5 aromatic rings. The molecule has 0 bridgehead atoms. The molecular formula is C63H78N2O4Si. The Morgan fingerprint density at radius 1 is 0.571 bits per heavy atom. The first kappa shape index (κ1) is 54.0. The topological polar surface area (TPSA) is 62.7 Å². The maximum Gasteiger partial charge on any atom is 0.158 e. The molecule has 7 heteroatoms. The van der Waals surface area contributed by atoms with Crippen LogP contribution in [0.3, 0.4) is 0 Å². The zero-order chi connectivity index (χ0) is 49.7. The van der Waals surface area contributed by atoms with Crippen molar-refractivity contribution in [2.24, 2.45) is 0 Å². The van der Waals surface area contributed by atoms with Crippen LogP contribution in [0.1, 0.15) is 165 Å². The molecule has 6 nitrogen and oxygen atoms in total. The number of rotatable bonds is 23. The van der Waals surface area contributed by atoms with Gasteiger partial charge in [-0.1, -0.05) is 130 Å². The summed E-state index contributed by atoms with van der Waals surface area (Å²) < 4.78 is 24.3. The van der Waals surface area contributed by atoms with Crippen LogP contribution in [0.2, 0.25) is 16.6 Å². The van der Waals surface area contributed by atoms with E-state index in [1.165, 1.54) is 38.5 Å². The maximum atomic E-state index is 6.21. The standard InChI is InChI=1S/C63H78N2O4Si/c1-10-13-15-18-29-66-44-55-36-52(23-22-51-33-50(12-3)34-54(35-51)46-69-63-21-17-20-31-68-63)38-59(40-55)57-24-26-61(64-42-57)62-27-25-58(43-65-62)60-39-53(28-32-70(47(4)5,48(6)7)49(8)9)37-56(41-60)45-67-30-19-16-14-11-2/h3,24-27,33-43,47-49,63H,10-11,13-21,29-31,44-46H2,1-2,4-9H3. The molecule has 1 fully saturated rings. The zero-order valence-electron chi connectivity index (χ0n) is 43.6. The Morgan fingerprint density at radius 2 is 1.07 bits per heavy atom. The summed E-state index contributed by atoms with van der Waals surface area (Å²) in [6.07, 6.45) is 22.1. The highest BCUT2D eigenvalue weighted by atomic mass is 28.3. The van der Waals surface area contributed by atoms with Crippen LogP contribution < -0.4 is 0 Å². The van der Waals surface area contributed by atoms with E-state index in [1.54, 1.807) is 0 Å². The minimum Gasteiger partial charge on any atom is -0.377 e. The first-order chi connectivity index (χ1) is 34.0. The van der Waals surface area contributed by atoms with Crippen LogP contribution in [0, 0.1) is 35.6 Å². The highest BCUT2D eigenvalue weighted by Gasteiger charge is 2.41. The SMILES string of the molecule is C#Cc1cc(C#Cc2cc(COCCCCCC)cc(-c3ccc(-c4ccc(-c5cc(C#C[Si](C(C)C)(C(C)C)C(C)C)cc(COCCCCCC)c5)cn4)nc3)c2)cc(COC2CCCCO2)c1. The lowest BCUT2D eigenvalue weighted by molar-refractivity contribution is -0.168. The summed E-state index contributed by atoms with van der Waals surface area (Å²) in [6, 6.07) is 27.5. The number of hydrogen-bond acceptors (Lipinski definition) is 6. The van der Waals surface area contributed by atoms with Crippen LogP contribution in [0.5, 0.6) is 0 Å². The number of aromatic nitrogens is 2. The molecule has 3 heterocycles. The van der Waals surface area contributed by atoms with Crippen molar-refractivity contribution in [3.63, 3.8) is 0 Å². The summed E-state index contributed by atoms with van der Waals surface area (Å²) in [7, 11) is -1.92. The van der Waals surface area contributed by atoms with E-state index in [4.69, 9.17) is 35.3 Å². The molecule has 0 amide bonds. The molecule has 0 N–H and O–H groups in total. The lowest BCUT2D eigenvalue weighted by atomic mass is 10.00. The van der Waals surface area contributed by atoms with Crippen LogP contribution in [-0.4, -0.2) is 44.2 Å². The van der Waals surface area contributed by atoms with Crippen LogP contribution in [-0.2, 0) is 38.8 Å². The van der Waals surface area contributed by atoms with Crippen molar-refractivity contribution in [2.45, 2.75) is 169 Å². The monoisotopic (exact) mass is 955 g/mol. The van der Waals surface area contributed by atoms with Crippen LogP contribution in [0.4, 0.5) is 0 Å². The van der Waals surface area contributed by atoms with Gasteiger partial charge >= 0.3 is 0 Å². The van der Waals surface area contributed by atoms with Crippen molar-refractivity contribution in [2.75, 3.05) is 19.8 Å². The van der Waals surface area contributed by atoms with Gasteiger partial charge in [0.1, 0.15) is 8.07 Å². The Bertz CT molecular complexity index is 2560. The summed E-state index contributed by atoms with van der Waals surface area (Å²) >= 11 is 0. The average molecular weight is 955 g/mol. The molecule has 1 atom stereocenters. The second-order valence-corrected chi connectivity index (χ2v) is 25.6. The Balaban J connectivity index is 1.24. The van der Waals surface area contributed by atoms with Crippen molar-refractivity contribution in [1.82, 2.24) is 9.97 Å². The van der Waals surface area contributed by atoms with E-state index < -0.39 is 8.07 Å². The predicted octanol–water partition coefficient (Wildman–Crippen LogP) is 15.7. The number of terminal acetylenes is 1. The third-order valence-corrected chi connectivity index (χ3v) is 19.9. The molecule has 368 valence electrons. The Morgan fingerprint density at radius 3 is 1.53 bits per heavy atom. The van der Waals surface area contributed by atoms with Crippen LogP contribution in [0.25, 0.3) is 33.6 Å². The lowest BCUT2D eigenvalue weighted by Gasteiger charge is -2.38. The molecule has 1 aliphatic heterocycles. The van der Waals surface area contributed by atoms with Gasteiger partial charge in [0.15, 0.2) is 6.29 Å². The van der Waals surface area contributed by atoms with Gasteiger partial charge in [-0.25, -0.2) is 0 Å². The van der Waals surface area contributed by atoms with E-state index in [0.717, 1.165) is 125 Å². The van der Waals surface area contributed by atoms with Crippen LogP contribution >= 0.6 is 0 Å². The minimum absolute atomic E-state index is 0.177. The number of pyridine rings is 2. The largest absolute Gasteiger partial charge is 0.377 e. The number of unbranched alkanes of at least 4 members (excludes halogenated alkanes) is 6. The van der Waals surface area contributed by atoms with Gasteiger partial charge in [0.25, 0.3) is 0 Å². The van der Waals surface area contributed by atoms with Crippen LogP contribution in [0.15, 0.2) is 91.3 Å². The molecule has 1 aliphatic rings. The molecule has 0 saturated carbocycles. The van der Waals surface area contributed by atoms with Gasteiger partial charge in [0.05, 0.1) is 31.2 Å². The molecule has 1 saturated heterocycles. The maximum absolute atomic E-state index is 6.21. The molecule has 1 unspecified atom stereocenters. The predicted molar refractivity (Wildman–Crippen MR) is 293 cm³/mol. The van der Waals surface area contributed by atoms with E-state index >= 15 is 0 Å². The fraction of sp³-hybridized carbons (Fsp3) is 0.460. The Hall–Kier alpha value is -5.30. The van der Waals surface area contributed by atoms with E-state index in [9.17, 15) is 0 Å². The summed E-state index contributed by atoms with van der Waals surface area (Å²) in [5.41, 5.74) is 18.1. The average Bonchev–Trinajstić information content (AvgIpc) is 3.37. The van der Waals surface area contributed by atoms with Crippen molar-refractivity contribution in [3.05, 3.63) is 130 Å². The normalized spacial score (nSPS) is 13.8. The quantitative estimate of drug-likeness (QED) is 0.0369. The zero-order valence-corrected chi connectivity index (χ0v) is 44.6. The Labute approximate surface area is 423 Å². The van der Waals surface area contributed by atoms with Crippen molar-refractivity contribution in [3.8, 4) is 69.3 Å². The Kier molecular flexibility index (Phi) is 21.6. The fourth-order valence-corrected chi connectivity index (χ4v) is 15.0. The summed E-state index contributed by atoms with van der Waals surface area (Å²) in [4.78, 5) is 9.90. The fourth-order valence-electron chi connectivity index (χ4n) is 9.82. The molecule has 6 rings (SSSR count). The van der Waals surface area contributed by atoms with Gasteiger partial charge in [-0.15, -0.1) is 12.0 Å². The van der Waals surface area contributed by atoms with Gasteiger partial charge in [-0.2, -0.15) is 0 Å². The number of hydrogen-bond donors (Lipinski definition) is 0. The number of ether oxygens (including phenoxy) is 4. The first-order valence-corrected chi connectivity index (χ1v) is 28.5. The third-order valence-electron chi connectivity index (χ3n) is 13.6. The summed E-state index contributed by atoms with van der Waals surface area (Å²) in [5, 5.41) is 0. The molecule has 2 aromatic heterocycles. The van der Waals surface area contributed by atoms with E-state index in [-0.39, 0.29) is 6.29 Å². The van der Waals surface area contributed by atoms with E-state index in [0.29, 0.717) is 36.4 Å². The van der Waals surface area contributed by atoms with Crippen molar-refractivity contribution >= 4 is 8.07 Å². The van der Waals surface area contributed by atoms with E-state index in [1.807, 2.05) is 30.6 Å². The van der Waals surface area contributed by atoms with Crippen molar-refractivity contribution in [1.29, 1.82) is 0 Å². The smallest absolute Gasteiger partial charge is 0.158 e. The number of benzene rings is 3. The third kappa shape index (κ3) is 15.9. The molecule has 0 radical (unpaired) electrons. The second-order valence-electron chi connectivity index (χ2n) is 20.0. The molecule has 70 heavy (non-hydrogen) atoms. The lowest BCUT2D eigenvalue weighted by Crippen LogP contribution is -2.43. The molecule has 0 aliphatic carbocycles.